The molecule has 0 aliphatic carbocycles. The number of fused-ring (bicyclic) bond motifs is 1. The SMILES string of the molecule is CCOc1ccc(N(CCC#N)C(=O)c2sc3nc(C)cc(C)c3c2C)cc1. The van der Waals surface area contributed by atoms with Crippen LogP contribution in [0.5, 0.6) is 5.75 Å². The third kappa shape index (κ3) is 3.85. The Morgan fingerprint density at radius 3 is 2.61 bits per heavy atom. The van der Waals surface area contributed by atoms with Gasteiger partial charge >= 0.3 is 0 Å². The van der Waals surface area contributed by atoms with Gasteiger partial charge in [-0.05, 0) is 69.2 Å². The third-order valence-electron chi connectivity index (χ3n) is 4.57. The first-order chi connectivity index (χ1) is 13.5. The van der Waals surface area contributed by atoms with Gasteiger partial charge in [-0.1, -0.05) is 0 Å². The maximum Gasteiger partial charge on any atom is 0.268 e. The quantitative estimate of drug-likeness (QED) is 0.579. The van der Waals surface area contributed by atoms with E-state index in [2.05, 4.69) is 11.1 Å². The predicted octanol–water partition coefficient (Wildman–Crippen LogP) is 5.18. The van der Waals surface area contributed by atoms with Gasteiger partial charge in [0.1, 0.15) is 10.6 Å². The molecule has 0 atom stereocenters. The highest BCUT2D eigenvalue weighted by Gasteiger charge is 2.24. The second-order valence-corrected chi connectivity index (χ2v) is 7.61. The van der Waals surface area contributed by atoms with Crippen molar-refractivity contribution < 1.29 is 9.53 Å². The molecule has 3 aromatic rings. The van der Waals surface area contributed by atoms with Crippen LogP contribution in [0.1, 0.15) is 39.8 Å². The Labute approximate surface area is 169 Å². The number of aryl methyl sites for hydroxylation is 3. The lowest BCUT2D eigenvalue weighted by atomic mass is 10.1. The van der Waals surface area contributed by atoms with Crippen LogP contribution in [0, 0.1) is 32.1 Å². The van der Waals surface area contributed by atoms with Crippen LogP contribution < -0.4 is 9.64 Å². The molecular weight excluding hydrogens is 370 g/mol. The van der Waals surface area contributed by atoms with Gasteiger partial charge in [0.25, 0.3) is 5.91 Å². The molecule has 1 amide bonds. The molecule has 0 unspecified atom stereocenters. The number of anilines is 1. The maximum atomic E-state index is 13.4. The molecule has 2 aromatic heterocycles. The van der Waals surface area contributed by atoms with Crippen LogP contribution in [0.4, 0.5) is 5.69 Å². The molecule has 0 bridgehead atoms. The number of benzene rings is 1. The minimum absolute atomic E-state index is 0.100. The Hall–Kier alpha value is -2.91. The van der Waals surface area contributed by atoms with E-state index in [-0.39, 0.29) is 12.3 Å². The molecule has 28 heavy (non-hydrogen) atoms. The van der Waals surface area contributed by atoms with Crippen LogP contribution in [-0.2, 0) is 0 Å². The van der Waals surface area contributed by atoms with Crippen molar-refractivity contribution in [2.75, 3.05) is 18.1 Å². The minimum Gasteiger partial charge on any atom is -0.494 e. The van der Waals surface area contributed by atoms with Crippen molar-refractivity contribution in [1.82, 2.24) is 4.98 Å². The Morgan fingerprint density at radius 1 is 1.25 bits per heavy atom. The molecule has 144 valence electrons. The van der Waals surface area contributed by atoms with Gasteiger partial charge in [0.15, 0.2) is 0 Å². The number of aromatic nitrogens is 1. The number of nitriles is 1. The molecule has 3 rings (SSSR count). The van der Waals surface area contributed by atoms with Crippen molar-refractivity contribution in [2.24, 2.45) is 0 Å². The molecule has 2 heterocycles. The Kier molecular flexibility index (Phi) is 5.96. The number of nitrogens with zero attached hydrogens (tertiary/aromatic N) is 3. The fourth-order valence-corrected chi connectivity index (χ4v) is 4.60. The summed E-state index contributed by atoms with van der Waals surface area (Å²) < 4.78 is 5.49. The summed E-state index contributed by atoms with van der Waals surface area (Å²) in [5, 5.41) is 10.1. The largest absolute Gasteiger partial charge is 0.494 e. The number of thiophene rings is 1. The summed E-state index contributed by atoms with van der Waals surface area (Å²) in [4.78, 5) is 21.2. The Balaban J connectivity index is 2.02. The first-order valence-corrected chi connectivity index (χ1v) is 10.1. The van der Waals surface area contributed by atoms with Crippen LogP contribution in [0.25, 0.3) is 10.2 Å². The van der Waals surface area contributed by atoms with E-state index in [0.717, 1.165) is 38.5 Å². The zero-order valence-corrected chi connectivity index (χ0v) is 17.4. The van der Waals surface area contributed by atoms with Crippen molar-refractivity contribution in [1.29, 1.82) is 5.26 Å². The average molecular weight is 394 g/mol. The van der Waals surface area contributed by atoms with E-state index in [4.69, 9.17) is 10.00 Å². The molecule has 0 fully saturated rings. The summed E-state index contributed by atoms with van der Waals surface area (Å²) in [7, 11) is 0. The molecule has 0 spiro atoms. The minimum atomic E-state index is -0.100. The number of carbonyl (C=O) groups excluding carboxylic acids is 1. The Bertz CT molecular complexity index is 1050. The van der Waals surface area contributed by atoms with E-state index in [1.54, 1.807) is 4.90 Å². The summed E-state index contributed by atoms with van der Waals surface area (Å²) in [6, 6.07) is 11.6. The van der Waals surface area contributed by atoms with Crippen molar-refractivity contribution in [3.8, 4) is 11.8 Å². The summed E-state index contributed by atoms with van der Waals surface area (Å²) in [5.74, 6) is 0.657. The highest BCUT2D eigenvalue weighted by atomic mass is 32.1. The average Bonchev–Trinajstić information content (AvgIpc) is 3.00. The van der Waals surface area contributed by atoms with Gasteiger partial charge in [0, 0.05) is 23.3 Å². The number of hydrogen-bond donors (Lipinski definition) is 0. The van der Waals surface area contributed by atoms with Crippen LogP contribution in [0.3, 0.4) is 0 Å². The topological polar surface area (TPSA) is 66.2 Å². The van der Waals surface area contributed by atoms with Gasteiger partial charge in [-0.25, -0.2) is 4.98 Å². The molecule has 0 saturated carbocycles. The third-order valence-corrected chi connectivity index (χ3v) is 5.75. The number of pyridine rings is 1. The molecular formula is C22H23N3O2S. The lowest BCUT2D eigenvalue weighted by Gasteiger charge is -2.22. The molecule has 0 radical (unpaired) electrons. The van der Waals surface area contributed by atoms with Gasteiger partial charge in [-0.2, -0.15) is 5.26 Å². The van der Waals surface area contributed by atoms with Crippen molar-refractivity contribution >= 4 is 33.1 Å². The van der Waals surface area contributed by atoms with E-state index in [1.807, 2.05) is 58.0 Å². The number of hydrogen-bond acceptors (Lipinski definition) is 5. The highest BCUT2D eigenvalue weighted by molar-refractivity contribution is 7.20. The zero-order valence-electron chi connectivity index (χ0n) is 16.6. The molecule has 5 nitrogen and oxygen atoms in total. The van der Waals surface area contributed by atoms with Crippen molar-refractivity contribution in [2.45, 2.75) is 34.1 Å². The number of carbonyl (C=O) groups is 1. The summed E-state index contributed by atoms with van der Waals surface area (Å²) >= 11 is 1.42. The van der Waals surface area contributed by atoms with Crippen molar-refractivity contribution in [3.63, 3.8) is 0 Å². The van der Waals surface area contributed by atoms with Gasteiger partial charge in [0.2, 0.25) is 0 Å². The molecule has 1 aromatic carbocycles. The maximum absolute atomic E-state index is 13.4. The van der Waals surface area contributed by atoms with Crippen LogP contribution in [-0.4, -0.2) is 24.0 Å². The van der Waals surface area contributed by atoms with Crippen molar-refractivity contribution in [3.05, 3.63) is 52.0 Å². The molecule has 0 N–H and O–H groups in total. The summed E-state index contributed by atoms with van der Waals surface area (Å²) in [5.41, 5.74) is 3.77. The van der Waals surface area contributed by atoms with Crippen LogP contribution >= 0.6 is 11.3 Å². The second-order valence-electron chi connectivity index (χ2n) is 6.61. The number of ether oxygens (including phenoxy) is 1. The smallest absolute Gasteiger partial charge is 0.268 e. The molecule has 0 saturated heterocycles. The van der Waals surface area contributed by atoms with E-state index in [1.165, 1.54) is 11.3 Å². The van der Waals surface area contributed by atoms with E-state index < -0.39 is 0 Å². The summed E-state index contributed by atoms with van der Waals surface area (Å²) in [6.07, 6.45) is 0.263. The molecule has 6 heteroatoms. The van der Waals surface area contributed by atoms with Gasteiger partial charge in [-0.15, -0.1) is 11.3 Å². The zero-order chi connectivity index (χ0) is 20.3. The van der Waals surface area contributed by atoms with Gasteiger partial charge in [0.05, 0.1) is 24.0 Å². The number of amides is 1. The van der Waals surface area contributed by atoms with Crippen LogP contribution in [0.15, 0.2) is 30.3 Å². The van der Waals surface area contributed by atoms with E-state index in [0.29, 0.717) is 18.0 Å². The molecule has 0 aliphatic heterocycles. The van der Waals surface area contributed by atoms with Gasteiger partial charge < -0.3 is 9.64 Å². The monoisotopic (exact) mass is 393 g/mol. The van der Waals surface area contributed by atoms with Crippen LogP contribution in [0.2, 0.25) is 0 Å². The lowest BCUT2D eigenvalue weighted by Crippen LogP contribution is -2.31. The van der Waals surface area contributed by atoms with E-state index >= 15 is 0 Å². The fourth-order valence-electron chi connectivity index (χ4n) is 3.34. The van der Waals surface area contributed by atoms with Gasteiger partial charge in [-0.3, -0.25) is 4.79 Å². The normalized spacial score (nSPS) is 10.7. The lowest BCUT2D eigenvalue weighted by molar-refractivity contribution is 0.0991. The molecule has 0 aliphatic rings. The fraction of sp³-hybridized carbons (Fsp3) is 0.318. The predicted molar refractivity (Wildman–Crippen MR) is 113 cm³/mol. The standard InChI is InChI=1S/C22H23N3O2S/c1-5-27-18-9-7-17(8-10-18)25(12-6-11-23)22(26)20-16(4)19-14(2)13-15(3)24-21(19)28-20/h7-10,13H,5-6,12H2,1-4H3. The summed E-state index contributed by atoms with van der Waals surface area (Å²) in [6.45, 7) is 8.83. The Morgan fingerprint density at radius 2 is 1.96 bits per heavy atom. The van der Waals surface area contributed by atoms with E-state index in [9.17, 15) is 4.79 Å². The first kappa shape index (κ1) is 19.8. The first-order valence-electron chi connectivity index (χ1n) is 9.25. The highest BCUT2D eigenvalue weighted by Crippen LogP contribution is 2.34. The second kappa shape index (κ2) is 8.41. The number of rotatable bonds is 6.